The van der Waals surface area contributed by atoms with Crippen LogP contribution in [0.5, 0.6) is 0 Å². The van der Waals surface area contributed by atoms with E-state index in [0.29, 0.717) is 17.4 Å². The highest BCUT2D eigenvalue weighted by atomic mass is 35.5. The zero-order valence-electron chi connectivity index (χ0n) is 11.1. The van der Waals surface area contributed by atoms with Gasteiger partial charge in [-0.05, 0) is 26.0 Å². The van der Waals surface area contributed by atoms with Crippen LogP contribution in [0.15, 0.2) is 18.3 Å². The number of pyridine rings is 1. The maximum atomic E-state index is 12.0. The molecule has 1 aromatic heterocycles. The van der Waals surface area contributed by atoms with Crippen LogP contribution in [0, 0.1) is 0 Å². The van der Waals surface area contributed by atoms with Crippen molar-refractivity contribution in [1.29, 1.82) is 0 Å². The van der Waals surface area contributed by atoms with E-state index in [1.54, 1.807) is 18.3 Å². The molecule has 1 N–H and O–H groups in total. The van der Waals surface area contributed by atoms with Crippen LogP contribution in [-0.2, 0) is 9.53 Å². The van der Waals surface area contributed by atoms with E-state index in [1.165, 1.54) is 0 Å². The first-order valence-corrected chi connectivity index (χ1v) is 6.70. The lowest BCUT2D eigenvalue weighted by molar-refractivity contribution is -0.121. The van der Waals surface area contributed by atoms with Crippen LogP contribution in [-0.4, -0.2) is 47.6 Å². The Morgan fingerprint density at radius 2 is 2.21 bits per heavy atom. The zero-order chi connectivity index (χ0) is 13.8. The Morgan fingerprint density at radius 3 is 2.84 bits per heavy atom. The lowest BCUT2D eigenvalue weighted by atomic mass is 10.2. The van der Waals surface area contributed by atoms with Gasteiger partial charge < -0.3 is 10.1 Å². The molecule has 1 aliphatic heterocycles. The average Bonchev–Trinajstić information content (AvgIpc) is 2.30. The molecule has 1 saturated heterocycles. The fraction of sp³-hybridized carbons (Fsp3) is 0.538. The van der Waals surface area contributed by atoms with Gasteiger partial charge in [-0.15, -0.1) is 0 Å². The van der Waals surface area contributed by atoms with Crippen molar-refractivity contribution >= 4 is 23.2 Å². The number of hydrogen-bond donors (Lipinski definition) is 1. The molecule has 2 atom stereocenters. The normalized spacial score (nSPS) is 24.2. The van der Waals surface area contributed by atoms with Crippen molar-refractivity contribution in [3.63, 3.8) is 0 Å². The van der Waals surface area contributed by atoms with E-state index in [0.717, 1.165) is 13.1 Å². The maximum absolute atomic E-state index is 12.0. The van der Waals surface area contributed by atoms with Gasteiger partial charge in [0.25, 0.3) is 0 Å². The molecule has 6 heteroatoms. The highest BCUT2D eigenvalue weighted by molar-refractivity contribution is 6.32. The third-order valence-electron chi connectivity index (χ3n) is 2.90. The number of hydrogen-bond acceptors (Lipinski definition) is 4. The second-order valence-electron chi connectivity index (χ2n) is 4.84. The van der Waals surface area contributed by atoms with Crippen molar-refractivity contribution in [2.75, 3.05) is 25.0 Å². The van der Waals surface area contributed by atoms with Crippen molar-refractivity contribution in [2.45, 2.75) is 26.1 Å². The van der Waals surface area contributed by atoms with Crippen molar-refractivity contribution in [3.8, 4) is 0 Å². The van der Waals surface area contributed by atoms with E-state index >= 15 is 0 Å². The zero-order valence-corrected chi connectivity index (χ0v) is 11.9. The van der Waals surface area contributed by atoms with E-state index in [-0.39, 0.29) is 18.1 Å². The first kappa shape index (κ1) is 14.2. The van der Waals surface area contributed by atoms with Crippen molar-refractivity contribution in [1.82, 2.24) is 9.88 Å². The maximum Gasteiger partial charge on any atom is 0.238 e. The molecular formula is C13H18ClN3O2. The Balaban J connectivity index is 1.89. The molecule has 0 aromatic carbocycles. The number of halogens is 1. The molecule has 19 heavy (non-hydrogen) atoms. The van der Waals surface area contributed by atoms with Gasteiger partial charge >= 0.3 is 0 Å². The molecular weight excluding hydrogens is 266 g/mol. The van der Waals surface area contributed by atoms with Gasteiger partial charge in [0.1, 0.15) is 0 Å². The molecule has 0 bridgehead atoms. The molecule has 5 nitrogen and oxygen atoms in total. The number of carbonyl (C=O) groups is 1. The summed E-state index contributed by atoms with van der Waals surface area (Å²) in [7, 11) is 0. The molecule has 2 rings (SSSR count). The van der Waals surface area contributed by atoms with Gasteiger partial charge in [-0.2, -0.15) is 0 Å². The molecule has 0 aliphatic carbocycles. The van der Waals surface area contributed by atoms with E-state index in [4.69, 9.17) is 16.3 Å². The van der Waals surface area contributed by atoms with Crippen molar-refractivity contribution in [3.05, 3.63) is 23.5 Å². The first-order valence-electron chi connectivity index (χ1n) is 6.33. The molecule has 0 saturated carbocycles. The van der Waals surface area contributed by atoms with Crippen molar-refractivity contribution < 1.29 is 9.53 Å². The lowest BCUT2D eigenvalue weighted by Gasteiger charge is -2.34. The molecule has 1 fully saturated rings. The van der Waals surface area contributed by atoms with Gasteiger partial charge in [-0.3, -0.25) is 9.69 Å². The summed E-state index contributed by atoms with van der Waals surface area (Å²) in [6.07, 6.45) is 1.89. The Morgan fingerprint density at radius 1 is 1.53 bits per heavy atom. The fourth-order valence-electron chi connectivity index (χ4n) is 2.29. The molecule has 2 unspecified atom stereocenters. The SMILES string of the molecule is CC1CN(CC(=O)Nc2cccnc2Cl)CC(C)O1. The number of morpholine rings is 1. The highest BCUT2D eigenvalue weighted by Crippen LogP contribution is 2.17. The summed E-state index contributed by atoms with van der Waals surface area (Å²) < 4.78 is 5.63. The summed E-state index contributed by atoms with van der Waals surface area (Å²) in [4.78, 5) is 18.0. The predicted octanol–water partition coefficient (Wildman–Crippen LogP) is 1.78. The number of anilines is 1. The van der Waals surface area contributed by atoms with Crippen LogP contribution in [0.1, 0.15) is 13.8 Å². The van der Waals surface area contributed by atoms with E-state index < -0.39 is 0 Å². The number of rotatable bonds is 3. The number of nitrogens with one attached hydrogen (secondary N) is 1. The minimum Gasteiger partial charge on any atom is -0.373 e. The molecule has 1 aliphatic rings. The largest absolute Gasteiger partial charge is 0.373 e. The van der Waals surface area contributed by atoms with Gasteiger partial charge in [-0.1, -0.05) is 11.6 Å². The monoisotopic (exact) mass is 283 g/mol. The second kappa shape index (κ2) is 6.32. The molecule has 1 aromatic rings. The highest BCUT2D eigenvalue weighted by Gasteiger charge is 2.23. The average molecular weight is 284 g/mol. The molecule has 1 amide bonds. The number of amides is 1. The van der Waals surface area contributed by atoms with E-state index in [1.807, 2.05) is 13.8 Å². The van der Waals surface area contributed by atoms with E-state index in [2.05, 4.69) is 15.2 Å². The predicted molar refractivity (Wildman–Crippen MR) is 74.3 cm³/mol. The van der Waals surface area contributed by atoms with Crippen LogP contribution < -0.4 is 5.32 Å². The third kappa shape index (κ3) is 4.16. The summed E-state index contributed by atoms with van der Waals surface area (Å²) in [5.74, 6) is -0.0869. The van der Waals surface area contributed by atoms with Crippen LogP contribution in [0.2, 0.25) is 5.15 Å². The smallest absolute Gasteiger partial charge is 0.238 e. The summed E-state index contributed by atoms with van der Waals surface area (Å²) >= 11 is 5.90. The number of ether oxygens (including phenoxy) is 1. The van der Waals surface area contributed by atoms with Crippen LogP contribution in [0.25, 0.3) is 0 Å². The van der Waals surface area contributed by atoms with E-state index in [9.17, 15) is 4.79 Å². The lowest BCUT2D eigenvalue weighted by Crippen LogP contribution is -2.48. The number of carbonyl (C=O) groups excluding carboxylic acids is 1. The second-order valence-corrected chi connectivity index (χ2v) is 5.20. The molecule has 2 heterocycles. The van der Waals surface area contributed by atoms with Crippen LogP contribution >= 0.6 is 11.6 Å². The number of nitrogens with zero attached hydrogens (tertiary/aromatic N) is 2. The summed E-state index contributed by atoms with van der Waals surface area (Å²) in [6.45, 7) is 5.89. The van der Waals surface area contributed by atoms with Gasteiger partial charge in [0, 0.05) is 19.3 Å². The summed E-state index contributed by atoms with van der Waals surface area (Å²) in [5, 5.41) is 3.08. The quantitative estimate of drug-likeness (QED) is 0.859. The Hall–Kier alpha value is -1.17. The van der Waals surface area contributed by atoms with Crippen LogP contribution in [0.3, 0.4) is 0 Å². The Labute approximate surface area is 117 Å². The van der Waals surface area contributed by atoms with Gasteiger partial charge in [-0.25, -0.2) is 4.98 Å². The topological polar surface area (TPSA) is 54.5 Å². The fourth-order valence-corrected chi connectivity index (χ4v) is 2.45. The summed E-state index contributed by atoms with van der Waals surface area (Å²) in [6, 6.07) is 3.47. The minimum absolute atomic E-state index is 0.0869. The van der Waals surface area contributed by atoms with Gasteiger partial charge in [0.05, 0.1) is 24.4 Å². The molecule has 0 spiro atoms. The first-order chi connectivity index (χ1) is 9.04. The van der Waals surface area contributed by atoms with Crippen molar-refractivity contribution in [2.24, 2.45) is 0 Å². The minimum atomic E-state index is -0.0869. The summed E-state index contributed by atoms with van der Waals surface area (Å²) in [5.41, 5.74) is 0.545. The number of aromatic nitrogens is 1. The molecule has 104 valence electrons. The van der Waals surface area contributed by atoms with Gasteiger partial charge in [0.2, 0.25) is 5.91 Å². The Bertz CT molecular complexity index is 445. The third-order valence-corrected chi connectivity index (χ3v) is 3.20. The Kier molecular flexibility index (Phi) is 4.74. The van der Waals surface area contributed by atoms with Gasteiger partial charge in [0.15, 0.2) is 5.15 Å². The molecule has 0 radical (unpaired) electrons. The standard InChI is InChI=1S/C13H18ClN3O2/c1-9-6-17(7-10(2)19-9)8-12(18)16-11-4-3-5-15-13(11)14/h3-5,9-10H,6-8H2,1-2H3,(H,16,18). The van der Waals surface area contributed by atoms with Crippen LogP contribution in [0.4, 0.5) is 5.69 Å².